The Labute approximate surface area is 120 Å². The van der Waals surface area contributed by atoms with Crippen LogP contribution in [0.3, 0.4) is 0 Å². The lowest BCUT2D eigenvalue weighted by molar-refractivity contribution is -0.145. The molecular formula is C16H24N2O2. The van der Waals surface area contributed by atoms with E-state index in [1.807, 2.05) is 30.3 Å². The normalized spacial score (nSPS) is 18.1. The topological polar surface area (TPSA) is 52.6 Å². The molecule has 1 aliphatic rings. The molecule has 1 aromatic carbocycles. The van der Waals surface area contributed by atoms with Crippen LogP contribution in [0.4, 0.5) is 0 Å². The largest absolute Gasteiger partial charge is 0.480 e. The lowest BCUT2D eigenvalue weighted by atomic mass is 9.98. The summed E-state index contributed by atoms with van der Waals surface area (Å²) in [6.45, 7) is 4.90. The van der Waals surface area contributed by atoms with Crippen molar-refractivity contribution in [1.29, 1.82) is 0 Å². The van der Waals surface area contributed by atoms with Gasteiger partial charge in [0.1, 0.15) is 6.04 Å². The van der Waals surface area contributed by atoms with Gasteiger partial charge in [0.15, 0.2) is 0 Å². The van der Waals surface area contributed by atoms with Crippen molar-refractivity contribution < 1.29 is 9.90 Å². The molecule has 4 nitrogen and oxygen atoms in total. The molecule has 1 unspecified atom stereocenters. The number of carboxylic acids is 1. The van der Waals surface area contributed by atoms with Crippen molar-refractivity contribution >= 4 is 5.97 Å². The molecule has 110 valence electrons. The second kappa shape index (κ2) is 7.41. The number of carboxylic acid groups (broad SMARTS) is 1. The summed E-state index contributed by atoms with van der Waals surface area (Å²) < 4.78 is 0. The van der Waals surface area contributed by atoms with E-state index in [0.29, 0.717) is 6.04 Å². The first-order valence-electron chi connectivity index (χ1n) is 7.48. The Morgan fingerprint density at radius 1 is 1.35 bits per heavy atom. The van der Waals surface area contributed by atoms with Crippen LogP contribution >= 0.6 is 0 Å². The first-order valence-corrected chi connectivity index (χ1v) is 7.48. The predicted octanol–water partition coefficient (Wildman–Crippen LogP) is 2.28. The minimum absolute atomic E-state index is 0.359. The molecule has 0 aromatic heterocycles. The number of piperidine rings is 1. The van der Waals surface area contributed by atoms with E-state index >= 15 is 0 Å². The van der Waals surface area contributed by atoms with Gasteiger partial charge in [-0.2, -0.15) is 0 Å². The average molecular weight is 276 g/mol. The van der Waals surface area contributed by atoms with E-state index in [9.17, 15) is 9.90 Å². The average Bonchev–Trinajstić information content (AvgIpc) is 2.48. The number of benzene rings is 1. The standard InChI is InChI=1S/C16H24N2O2/c1-2-12-18(14-8-10-17-11-9-14)15(16(19)20)13-6-4-3-5-7-13/h3-7,14-15,17H,2,8-12H2,1H3,(H,19,20). The van der Waals surface area contributed by atoms with E-state index < -0.39 is 12.0 Å². The minimum Gasteiger partial charge on any atom is -0.480 e. The molecule has 1 aliphatic heterocycles. The Morgan fingerprint density at radius 3 is 2.55 bits per heavy atom. The van der Waals surface area contributed by atoms with Gasteiger partial charge in [0.05, 0.1) is 0 Å². The quantitative estimate of drug-likeness (QED) is 0.837. The van der Waals surface area contributed by atoms with Crippen molar-refractivity contribution in [1.82, 2.24) is 10.2 Å². The van der Waals surface area contributed by atoms with Gasteiger partial charge in [-0.1, -0.05) is 37.3 Å². The number of nitrogens with zero attached hydrogens (tertiary/aromatic N) is 1. The van der Waals surface area contributed by atoms with Crippen LogP contribution in [-0.2, 0) is 4.79 Å². The fourth-order valence-corrected chi connectivity index (χ4v) is 3.03. The number of hydrogen-bond donors (Lipinski definition) is 2. The number of aliphatic carboxylic acids is 1. The molecule has 20 heavy (non-hydrogen) atoms. The fraction of sp³-hybridized carbons (Fsp3) is 0.562. The molecular weight excluding hydrogens is 252 g/mol. The zero-order chi connectivity index (χ0) is 14.4. The number of rotatable bonds is 6. The van der Waals surface area contributed by atoms with E-state index in [2.05, 4.69) is 17.1 Å². The Morgan fingerprint density at radius 2 is 2.00 bits per heavy atom. The summed E-state index contributed by atoms with van der Waals surface area (Å²) in [6, 6.07) is 9.43. The summed E-state index contributed by atoms with van der Waals surface area (Å²) >= 11 is 0. The van der Waals surface area contributed by atoms with Crippen LogP contribution in [0.15, 0.2) is 30.3 Å². The highest BCUT2D eigenvalue weighted by atomic mass is 16.4. The molecule has 1 atom stereocenters. The van der Waals surface area contributed by atoms with Gasteiger partial charge in [0.25, 0.3) is 0 Å². The summed E-state index contributed by atoms with van der Waals surface area (Å²) in [5.41, 5.74) is 0.881. The zero-order valence-corrected chi connectivity index (χ0v) is 12.1. The number of hydrogen-bond acceptors (Lipinski definition) is 3. The fourth-order valence-electron chi connectivity index (χ4n) is 3.03. The van der Waals surface area contributed by atoms with Gasteiger partial charge in [-0.3, -0.25) is 9.69 Å². The smallest absolute Gasteiger partial charge is 0.325 e. The van der Waals surface area contributed by atoms with Gasteiger partial charge in [-0.05, 0) is 44.5 Å². The van der Waals surface area contributed by atoms with E-state index in [-0.39, 0.29) is 0 Å². The summed E-state index contributed by atoms with van der Waals surface area (Å²) in [5, 5.41) is 13.0. The monoisotopic (exact) mass is 276 g/mol. The predicted molar refractivity (Wildman–Crippen MR) is 79.7 cm³/mol. The summed E-state index contributed by atoms with van der Waals surface area (Å²) in [7, 11) is 0. The van der Waals surface area contributed by atoms with Crippen LogP contribution < -0.4 is 5.32 Å². The van der Waals surface area contributed by atoms with Crippen molar-refractivity contribution in [3.05, 3.63) is 35.9 Å². The van der Waals surface area contributed by atoms with E-state index in [0.717, 1.165) is 44.5 Å². The molecule has 1 fully saturated rings. The van der Waals surface area contributed by atoms with Crippen molar-refractivity contribution in [2.75, 3.05) is 19.6 Å². The Bertz CT molecular complexity index is 416. The van der Waals surface area contributed by atoms with Gasteiger partial charge in [-0.25, -0.2) is 0 Å². The number of nitrogens with one attached hydrogen (secondary N) is 1. The molecule has 4 heteroatoms. The maximum absolute atomic E-state index is 11.8. The summed E-state index contributed by atoms with van der Waals surface area (Å²) in [5.74, 6) is -0.747. The van der Waals surface area contributed by atoms with Crippen molar-refractivity contribution in [3.8, 4) is 0 Å². The van der Waals surface area contributed by atoms with Gasteiger partial charge in [-0.15, -0.1) is 0 Å². The lowest BCUT2D eigenvalue weighted by Crippen LogP contribution is -2.47. The molecule has 0 bridgehead atoms. The molecule has 0 saturated carbocycles. The first kappa shape index (κ1) is 15.0. The van der Waals surface area contributed by atoms with Gasteiger partial charge < -0.3 is 10.4 Å². The number of carbonyl (C=O) groups is 1. The summed E-state index contributed by atoms with van der Waals surface area (Å²) in [6.07, 6.45) is 3.02. The van der Waals surface area contributed by atoms with E-state index in [1.165, 1.54) is 0 Å². The molecule has 0 spiro atoms. The molecule has 1 heterocycles. The lowest BCUT2D eigenvalue weighted by Gasteiger charge is -2.38. The van der Waals surface area contributed by atoms with Crippen LogP contribution in [0.1, 0.15) is 37.8 Å². The molecule has 0 aliphatic carbocycles. The van der Waals surface area contributed by atoms with Crippen LogP contribution in [-0.4, -0.2) is 41.7 Å². The van der Waals surface area contributed by atoms with Crippen molar-refractivity contribution in [2.24, 2.45) is 0 Å². The van der Waals surface area contributed by atoms with E-state index in [4.69, 9.17) is 0 Å². The van der Waals surface area contributed by atoms with Gasteiger partial charge >= 0.3 is 5.97 Å². The maximum atomic E-state index is 11.8. The zero-order valence-electron chi connectivity index (χ0n) is 12.1. The molecule has 2 rings (SSSR count). The highest BCUT2D eigenvalue weighted by Crippen LogP contribution is 2.27. The van der Waals surface area contributed by atoms with Crippen LogP contribution in [0.2, 0.25) is 0 Å². The van der Waals surface area contributed by atoms with Crippen molar-refractivity contribution in [2.45, 2.75) is 38.3 Å². The highest BCUT2D eigenvalue weighted by molar-refractivity contribution is 5.75. The molecule has 1 aromatic rings. The molecule has 1 saturated heterocycles. The third-order valence-corrected chi connectivity index (χ3v) is 3.94. The van der Waals surface area contributed by atoms with Crippen molar-refractivity contribution in [3.63, 3.8) is 0 Å². The molecule has 0 amide bonds. The maximum Gasteiger partial charge on any atom is 0.325 e. The second-order valence-corrected chi connectivity index (χ2v) is 5.37. The Kier molecular flexibility index (Phi) is 5.56. The minimum atomic E-state index is -0.747. The second-order valence-electron chi connectivity index (χ2n) is 5.37. The van der Waals surface area contributed by atoms with Crippen LogP contribution in [0.5, 0.6) is 0 Å². The summed E-state index contributed by atoms with van der Waals surface area (Å²) in [4.78, 5) is 14.0. The Hall–Kier alpha value is -1.39. The van der Waals surface area contributed by atoms with Gasteiger partial charge in [0, 0.05) is 6.04 Å². The third kappa shape index (κ3) is 3.58. The first-order chi connectivity index (χ1) is 9.74. The molecule has 2 N–H and O–H groups in total. The molecule has 0 radical (unpaired) electrons. The van der Waals surface area contributed by atoms with Gasteiger partial charge in [0.2, 0.25) is 0 Å². The SMILES string of the molecule is CCCN(C1CCNCC1)C(C(=O)O)c1ccccc1. The highest BCUT2D eigenvalue weighted by Gasteiger charge is 2.32. The Balaban J connectivity index is 2.25. The van der Waals surface area contributed by atoms with E-state index in [1.54, 1.807) is 0 Å². The van der Waals surface area contributed by atoms with Crippen LogP contribution in [0, 0.1) is 0 Å². The van der Waals surface area contributed by atoms with Crippen LogP contribution in [0.25, 0.3) is 0 Å². The third-order valence-electron chi connectivity index (χ3n) is 3.94.